The van der Waals surface area contributed by atoms with Crippen LogP contribution in [0.4, 0.5) is 47.7 Å². The first kappa shape index (κ1) is 76.1. The molecule has 0 spiro atoms. The Morgan fingerprint density at radius 2 is 0.676 bits per heavy atom. The predicted octanol–water partition coefficient (Wildman–Crippen LogP) is 7.90. The second-order valence-electron chi connectivity index (χ2n) is 28.5. The number of carbonyl (C=O) groups excluding carboxylic acids is 3. The highest BCUT2D eigenvalue weighted by atomic mass is 19.1. The van der Waals surface area contributed by atoms with Crippen LogP contribution in [0.1, 0.15) is 104 Å². The van der Waals surface area contributed by atoms with E-state index < -0.39 is 17.8 Å². The van der Waals surface area contributed by atoms with Gasteiger partial charge in [-0.25, -0.2) is 29.9 Å². The summed E-state index contributed by atoms with van der Waals surface area (Å²) in [5.41, 5.74) is 11.1. The molecule has 27 nitrogen and oxygen atoms in total. The van der Waals surface area contributed by atoms with Gasteiger partial charge in [-0.2, -0.15) is 13.2 Å². The zero-order valence-corrected chi connectivity index (χ0v) is 62.3. The molecule has 3 amide bonds. The molecular formula is C78H96F3N21O6. The van der Waals surface area contributed by atoms with E-state index in [-0.39, 0.29) is 35.8 Å². The molecule has 6 saturated heterocycles. The lowest BCUT2D eigenvalue weighted by Crippen LogP contribution is -2.36. The summed E-state index contributed by atoms with van der Waals surface area (Å²) in [6, 6.07) is 20.9. The van der Waals surface area contributed by atoms with E-state index in [1.54, 1.807) is 18.6 Å². The second-order valence-corrected chi connectivity index (χ2v) is 28.5. The molecular weight excluding hydrogens is 1380 g/mol. The molecule has 3 atom stereocenters. The molecule has 0 saturated carbocycles. The van der Waals surface area contributed by atoms with Crippen LogP contribution in [0.2, 0.25) is 0 Å². The summed E-state index contributed by atoms with van der Waals surface area (Å²) in [6.07, 6.45) is 15.2. The van der Waals surface area contributed by atoms with Crippen LogP contribution in [0.5, 0.6) is 0 Å². The maximum absolute atomic E-state index is 14.0. The number of pyridine rings is 3. The van der Waals surface area contributed by atoms with Crippen molar-refractivity contribution in [2.75, 3.05) is 209 Å². The SMILES string of the molecule is CN(C)CCNC(=O)c1cc(C2CCCN2c2ccnc(F)c2)c2nc(N3CCOCC3)cnc2c1.CN(C)CCNC(=O)c1cc(C2CCCN2c2ccnc(F)c2)c2nc(N3CCOCC3)cnc2c1.CN(C)CCNC(=O)c1cc(C2CCCN2c2ccnc(F)c2)c2nc(N3CCOCC3)cnc2c1. The fourth-order valence-electron chi connectivity index (χ4n) is 14.8. The van der Waals surface area contributed by atoms with Gasteiger partial charge in [0.25, 0.3) is 17.7 Å². The standard InChI is InChI=1S/3C26H32FN7O2/c3*1-32(2)9-7-29-26(35)18-14-20(22-4-3-8-34(22)19-5-6-28-23(27)16-19)25-21(15-18)30-17-24(31-25)33-10-12-36-13-11-33/h3*5-6,14-17,22H,3-4,7-13H2,1-2H3,(H,29,35). The molecule has 0 radical (unpaired) electrons. The highest BCUT2D eigenvalue weighted by Gasteiger charge is 2.34. The molecule has 6 fully saturated rings. The van der Waals surface area contributed by atoms with Gasteiger partial charge in [-0.1, -0.05) is 0 Å². The lowest BCUT2D eigenvalue weighted by Gasteiger charge is -2.29. The van der Waals surface area contributed by atoms with Crippen LogP contribution in [0, 0.1) is 17.8 Å². The summed E-state index contributed by atoms with van der Waals surface area (Å²) in [5, 5.41) is 9.01. The number of ether oxygens (including phenoxy) is 3. The summed E-state index contributed by atoms with van der Waals surface area (Å²) in [6.45, 7) is 14.7. The van der Waals surface area contributed by atoms with E-state index in [0.29, 0.717) is 92.5 Å². The van der Waals surface area contributed by atoms with Gasteiger partial charge < -0.3 is 74.3 Å². The first-order chi connectivity index (χ1) is 52.5. The molecule has 3 unspecified atom stereocenters. The molecule has 6 aliphatic rings. The van der Waals surface area contributed by atoms with E-state index in [1.807, 2.05) is 112 Å². The molecule has 30 heteroatoms. The number of hydrogen-bond acceptors (Lipinski definition) is 24. The molecule has 0 bridgehead atoms. The van der Waals surface area contributed by atoms with Crippen molar-refractivity contribution in [2.45, 2.75) is 56.7 Å². The van der Waals surface area contributed by atoms with Crippen molar-refractivity contribution in [2.24, 2.45) is 0 Å². The number of hydrogen-bond donors (Lipinski definition) is 3. The quantitative estimate of drug-likeness (QED) is 0.0577. The van der Waals surface area contributed by atoms with Crippen molar-refractivity contribution >= 4 is 85.3 Å². The molecule has 570 valence electrons. The number of aromatic nitrogens is 9. The third kappa shape index (κ3) is 18.7. The van der Waals surface area contributed by atoms with Crippen LogP contribution >= 0.6 is 0 Å². The Bertz CT molecular complexity index is 4150. The van der Waals surface area contributed by atoms with E-state index in [4.69, 9.17) is 44.1 Å². The van der Waals surface area contributed by atoms with Gasteiger partial charge in [-0.15, -0.1) is 0 Å². The van der Waals surface area contributed by atoms with E-state index in [0.717, 1.165) is 185 Å². The van der Waals surface area contributed by atoms with E-state index in [2.05, 4.69) is 60.3 Å². The molecule has 6 aromatic heterocycles. The maximum atomic E-state index is 14.0. The Kier molecular flexibility index (Phi) is 25.2. The van der Waals surface area contributed by atoms with E-state index in [1.165, 1.54) is 36.8 Å². The molecule has 3 aromatic carbocycles. The van der Waals surface area contributed by atoms with Gasteiger partial charge in [0.1, 0.15) is 17.5 Å². The maximum Gasteiger partial charge on any atom is 0.251 e. The van der Waals surface area contributed by atoms with Crippen LogP contribution < -0.4 is 45.3 Å². The number of nitrogens with zero attached hydrogens (tertiary/aromatic N) is 18. The number of carbonyl (C=O) groups is 3. The predicted molar refractivity (Wildman–Crippen MR) is 411 cm³/mol. The molecule has 9 aromatic rings. The summed E-state index contributed by atoms with van der Waals surface area (Å²) < 4.78 is 58.4. The van der Waals surface area contributed by atoms with Gasteiger partial charge >= 0.3 is 0 Å². The summed E-state index contributed by atoms with van der Waals surface area (Å²) in [4.78, 5) is 98.8. The van der Waals surface area contributed by atoms with Crippen molar-refractivity contribution < 1.29 is 41.8 Å². The average Bonchev–Trinajstić information content (AvgIpc) is 1.29. The number of fused-ring (bicyclic) bond motifs is 3. The highest BCUT2D eigenvalue weighted by Crippen LogP contribution is 2.43. The lowest BCUT2D eigenvalue weighted by atomic mass is 9.98. The topological polar surface area (TPSA) is 260 Å². The Labute approximate surface area is 627 Å². The number of nitrogens with one attached hydrogen (secondary N) is 3. The fraction of sp³-hybridized carbons (Fsp3) is 0.462. The van der Waals surface area contributed by atoms with Gasteiger partial charge in [0.05, 0.1) is 109 Å². The van der Waals surface area contributed by atoms with E-state index >= 15 is 0 Å². The molecule has 3 N–H and O–H groups in total. The number of amides is 3. The lowest BCUT2D eigenvalue weighted by molar-refractivity contribution is 0.0943. The molecule has 108 heavy (non-hydrogen) atoms. The number of morpholine rings is 3. The number of likely N-dealkylation sites (N-methyl/N-ethyl adjacent to an activating group) is 3. The Balaban J connectivity index is 0.000000143. The first-order valence-electron chi connectivity index (χ1n) is 37.3. The monoisotopic (exact) mass is 1480 g/mol. The van der Waals surface area contributed by atoms with Crippen molar-refractivity contribution in [1.29, 1.82) is 0 Å². The minimum atomic E-state index is -0.508. The molecule has 0 aliphatic carbocycles. The number of halogens is 3. The Morgan fingerprint density at radius 1 is 0.398 bits per heavy atom. The number of rotatable bonds is 21. The summed E-state index contributed by atoms with van der Waals surface area (Å²) in [5.74, 6) is 0.458. The van der Waals surface area contributed by atoms with Crippen molar-refractivity contribution in [3.63, 3.8) is 0 Å². The Hall–Kier alpha value is -10.1. The number of anilines is 6. The zero-order chi connectivity index (χ0) is 75.2. The summed E-state index contributed by atoms with van der Waals surface area (Å²) >= 11 is 0. The van der Waals surface area contributed by atoms with Crippen molar-refractivity contribution in [1.82, 2.24) is 75.5 Å². The van der Waals surface area contributed by atoms with Crippen LogP contribution in [-0.4, -0.2) is 257 Å². The van der Waals surface area contributed by atoms with Gasteiger partial charge in [0, 0.05) is 185 Å². The van der Waals surface area contributed by atoms with Crippen LogP contribution in [-0.2, 0) is 14.2 Å². The smallest absolute Gasteiger partial charge is 0.251 e. The third-order valence-corrected chi connectivity index (χ3v) is 20.3. The minimum absolute atomic E-state index is 0.0573. The third-order valence-electron chi connectivity index (χ3n) is 20.3. The van der Waals surface area contributed by atoms with Gasteiger partial charge in [0.2, 0.25) is 17.8 Å². The van der Waals surface area contributed by atoms with Crippen LogP contribution in [0.3, 0.4) is 0 Å². The van der Waals surface area contributed by atoms with Crippen molar-refractivity contribution in [3.05, 3.63) is 161 Å². The number of benzene rings is 3. The summed E-state index contributed by atoms with van der Waals surface area (Å²) in [7, 11) is 11.8. The molecule has 15 rings (SSSR count). The average molecular weight is 1480 g/mol. The first-order valence-corrected chi connectivity index (χ1v) is 37.3. The van der Waals surface area contributed by atoms with Gasteiger partial charge in [0.15, 0.2) is 0 Å². The van der Waals surface area contributed by atoms with Gasteiger partial charge in [-0.05, 0) is 135 Å². The normalized spacial score (nSPS) is 18.3. The highest BCUT2D eigenvalue weighted by molar-refractivity contribution is 6.00. The van der Waals surface area contributed by atoms with Gasteiger partial charge in [-0.3, -0.25) is 29.3 Å². The second kappa shape index (κ2) is 35.7. The van der Waals surface area contributed by atoms with Crippen LogP contribution in [0.25, 0.3) is 33.1 Å². The Morgan fingerprint density at radius 3 is 0.935 bits per heavy atom. The largest absolute Gasteiger partial charge is 0.378 e. The van der Waals surface area contributed by atoms with Crippen LogP contribution in [0.15, 0.2) is 110 Å². The molecule has 12 heterocycles. The fourth-order valence-corrected chi connectivity index (χ4v) is 14.8. The zero-order valence-electron chi connectivity index (χ0n) is 62.3. The van der Waals surface area contributed by atoms with E-state index in [9.17, 15) is 27.6 Å². The van der Waals surface area contributed by atoms with Crippen molar-refractivity contribution in [3.8, 4) is 0 Å². The molecule has 6 aliphatic heterocycles. The minimum Gasteiger partial charge on any atom is -0.378 e.